The van der Waals surface area contributed by atoms with Crippen LogP contribution in [0.1, 0.15) is 39.5 Å². The van der Waals surface area contributed by atoms with Gasteiger partial charge in [-0.25, -0.2) is 9.97 Å². The van der Waals surface area contributed by atoms with Crippen molar-refractivity contribution in [1.82, 2.24) is 9.97 Å². The van der Waals surface area contributed by atoms with Crippen LogP contribution < -0.4 is 9.80 Å². The molecular weight excluding hydrogens is 264 g/mol. The fourth-order valence-electron chi connectivity index (χ4n) is 3.61. The summed E-state index contributed by atoms with van der Waals surface area (Å²) in [6.07, 6.45) is 6.34. The molecule has 1 unspecified atom stereocenters. The van der Waals surface area contributed by atoms with Gasteiger partial charge < -0.3 is 14.9 Å². The van der Waals surface area contributed by atoms with E-state index < -0.39 is 0 Å². The largest absolute Gasteiger partial charge is 0.394 e. The first-order valence-electron chi connectivity index (χ1n) is 8.03. The van der Waals surface area contributed by atoms with Gasteiger partial charge >= 0.3 is 0 Å². The van der Waals surface area contributed by atoms with Crippen LogP contribution >= 0.6 is 0 Å². The van der Waals surface area contributed by atoms with Gasteiger partial charge in [-0.1, -0.05) is 13.8 Å². The van der Waals surface area contributed by atoms with Crippen molar-refractivity contribution in [1.29, 1.82) is 0 Å². The van der Waals surface area contributed by atoms with Crippen LogP contribution in [0.3, 0.4) is 0 Å². The summed E-state index contributed by atoms with van der Waals surface area (Å²) >= 11 is 0. The highest BCUT2D eigenvalue weighted by Crippen LogP contribution is 2.32. The van der Waals surface area contributed by atoms with Gasteiger partial charge in [0.25, 0.3) is 0 Å². The van der Waals surface area contributed by atoms with Crippen LogP contribution in [-0.2, 0) is 0 Å². The van der Waals surface area contributed by atoms with Gasteiger partial charge in [0, 0.05) is 25.7 Å². The van der Waals surface area contributed by atoms with E-state index in [-0.39, 0.29) is 12.6 Å². The number of hydrogen-bond acceptors (Lipinski definition) is 5. The number of aromatic nitrogens is 2. The number of rotatable bonds is 3. The van der Waals surface area contributed by atoms with Gasteiger partial charge in [0.15, 0.2) is 0 Å². The van der Waals surface area contributed by atoms with E-state index in [0.717, 1.165) is 44.1 Å². The van der Waals surface area contributed by atoms with E-state index in [4.69, 9.17) is 0 Å². The highest BCUT2D eigenvalue weighted by atomic mass is 16.3. The fourth-order valence-corrected chi connectivity index (χ4v) is 3.61. The summed E-state index contributed by atoms with van der Waals surface area (Å²) in [6.45, 7) is 7.95. The van der Waals surface area contributed by atoms with Crippen LogP contribution in [0.25, 0.3) is 0 Å². The summed E-state index contributed by atoms with van der Waals surface area (Å²) in [5.41, 5.74) is 0.352. The molecule has 0 radical (unpaired) electrons. The lowest BCUT2D eigenvalue weighted by atomic mass is 9.84. The Kier molecular flexibility index (Phi) is 4.02. The number of nitrogens with zero attached hydrogens (tertiary/aromatic N) is 4. The summed E-state index contributed by atoms with van der Waals surface area (Å²) in [5.74, 6) is 1.98. The lowest BCUT2D eigenvalue weighted by Crippen LogP contribution is -2.40. The minimum Gasteiger partial charge on any atom is -0.394 e. The van der Waals surface area contributed by atoms with Gasteiger partial charge in [-0.3, -0.25) is 0 Å². The minimum absolute atomic E-state index is 0.204. The van der Waals surface area contributed by atoms with Crippen LogP contribution in [-0.4, -0.2) is 47.4 Å². The first kappa shape index (κ1) is 14.6. The van der Waals surface area contributed by atoms with Crippen LogP contribution in [0.5, 0.6) is 0 Å². The Morgan fingerprint density at radius 3 is 2.81 bits per heavy atom. The van der Waals surface area contributed by atoms with Gasteiger partial charge in [0.1, 0.15) is 18.0 Å². The van der Waals surface area contributed by atoms with Crippen molar-refractivity contribution in [3.63, 3.8) is 0 Å². The van der Waals surface area contributed by atoms with Crippen molar-refractivity contribution in [3.8, 4) is 0 Å². The molecule has 0 amide bonds. The van der Waals surface area contributed by atoms with E-state index in [9.17, 15) is 5.11 Å². The third-order valence-corrected chi connectivity index (χ3v) is 4.74. The van der Waals surface area contributed by atoms with Gasteiger partial charge in [-0.05, 0) is 31.1 Å². The predicted octanol–water partition coefficient (Wildman–Crippen LogP) is 2.06. The molecule has 5 heteroatoms. The second-order valence-corrected chi connectivity index (χ2v) is 7.10. The van der Waals surface area contributed by atoms with E-state index in [1.54, 1.807) is 6.33 Å². The molecule has 2 aliphatic heterocycles. The maximum Gasteiger partial charge on any atom is 0.134 e. The van der Waals surface area contributed by atoms with E-state index in [1.807, 2.05) is 0 Å². The van der Waals surface area contributed by atoms with Crippen molar-refractivity contribution in [2.24, 2.45) is 5.41 Å². The zero-order valence-electron chi connectivity index (χ0n) is 13.1. The molecule has 116 valence electrons. The van der Waals surface area contributed by atoms with Gasteiger partial charge in [-0.2, -0.15) is 0 Å². The van der Waals surface area contributed by atoms with Crippen molar-refractivity contribution >= 4 is 11.6 Å². The normalized spacial score (nSPS) is 25.4. The minimum atomic E-state index is 0.204. The SMILES string of the molecule is CC1(C)CCCN(c2cc(N3CCCC3CO)ncn2)C1. The second-order valence-electron chi connectivity index (χ2n) is 7.10. The molecule has 1 aromatic rings. The molecule has 3 heterocycles. The Bertz CT molecular complexity index is 491. The third kappa shape index (κ3) is 3.12. The van der Waals surface area contributed by atoms with E-state index >= 15 is 0 Å². The van der Waals surface area contributed by atoms with Gasteiger partial charge in [0.05, 0.1) is 12.6 Å². The monoisotopic (exact) mass is 290 g/mol. The standard InChI is InChI=1S/C16H26N4O/c1-16(2)6-4-7-19(11-16)14-9-15(18-12-17-14)20-8-3-5-13(20)10-21/h9,12-13,21H,3-8,10-11H2,1-2H3. The molecule has 2 fully saturated rings. The second kappa shape index (κ2) is 5.79. The molecule has 1 aromatic heterocycles. The Labute approximate surface area is 127 Å². The molecule has 2 saturated heterocycles. The molecule has 0 aromatic carbocycles. The predicted molar refractivity (Wildman–Crippen MR) is 84.7 cm³/mol. The van der Waals surface area contributed by atoms with Crippen LogP contribution in [0.15, 0.2) is 12.4 Å². The molecule has 0 saturated carbocycles. The first-order valence-corrected chi connectivity index (χ1v) is 8.03. The van der Waals surface area contributed by atoms with Crippen molar-refractivity contribution in [3.05, 3.63) is 12.4 Å². The summed E-state index contributed by atoms with van der Waals surface area (Å²) in [4.78, 5) is 13.5. The number of aliphatic hydroxyl groups excluding tert-OH is 1. The van der Waals surface area contributed by atoms with Crippen molar-refractivity contribution in [2.45, 2.75) is 45.6 Å². The number of anilines is 2. The number of aliphatic hydroxyl groups is 1. The average Bonchev–Trinajstić information content (AvgIpc) is 2.95. The Hall–Kier alpha value is -1.36. The first-order chi connectivity index (χ1) is 10.1. The highest BCUT2D eigenvalue weighted by molar-refractivity contribution is 5.51. The molecule has 0 aliphatic carbocycles. The molecule has 3 rings (SSSR count). The van der Waals surface area contributed by atoms with Crippen LogP contribution in [0.4, 0.5) is 11.6 Å². The lowest BCUT2D eigenvalue weighted by molar-refractivity contribution is 0.266. The molecule has 0 bridgehead atoms. The molecule has 2 aliphatic rings. The maximum absolute atomic E-state index is 9.49. The van der Waals surface area contributed by atoms with E-state index in [0.29, 0.717) is 5.41 Å². The Morgan fingerprint density at radius 1 is 1.24 bits per heavy atom. The summed E-state index contributed by atoms with van der Waals surface area (Å²) in [7, 11) is 0. The lowest BCUT2D eigenvalue weighted by Gasteiger charge is -2.39. The molecule has 0 spiro atoms. The van der Waals surface area contributed by atoms with Gasteiger partial charge in [0.2, 0.25) is 0 Å². The molecular formula is C16H26N4O. The summed E-state index contributed by atoms with van der Waals surface area (Å²) in [5, 5.41) is 9.49. The molecule has 1 N–H and O–H groups in total. The Balaban J connectivity index is 1.80. The van der Waals surface area contributed by atoms with Crippen LogP contribution in [0.2, 0.25) is 0 Å². The highest BCUT2D eigenvalue weighted by Gasteiger charge is 2.29. The smallest absolute Gasteiger partial charge is 0.134 e. The quantitative estimate of drug-likeness (QED) is 0.923. The molecule has 5 nitrogen and oxygen atoms in total. The van der Waals surface area contributed by atoms with Crippen molar-refractivity contribution < 1.29 is 5.11 Å². The Morgan fingerprint density at radius 2 is 2.05 bits per heavy atom. The average molecular weight is 290 g/mol. The zero-order valence-corrected chi connectivity index (χ0v) is 13.1. The summed E-state index contributed by atoms with van der Waals surface area (Å²) in [6, 6.07) is 2.31. The zero-order chi connectivity index (χ0) is 14.9. The molecule has 21 heavy (non-hydrogen) atoms. The van der Waals surface area contributed by atoms with E-state index in [2.05, 4.69) is 39.7 Å². The van der Waals surface area contributed by atoms with Crippen molar-refractivity contribution in [2.75, 3.05) is 36.0 Å². The molecule has 1 atom stereocenters. The number of hydrogen-bond donors (Lipinski definition) is 1. The fraction of sp³-hybridized carbons (Fsp3) is 0.750. The van der Waals surface area contributed by atoms with Gasteiger partial charge in [-0.15, -0.1) is 0 Å². The van der Waals surface area contributed by atoms with Crippen LogP contribution in [0, 0.1) is 5.41 Å². The topological polar surface area (TPSA) is 52.5 Å². The van der Waals surface area contributed by atoms with E-state index in [1.165, 1.54) is 12.8 Å². The third-order valence-electron chi connectivity index (χ3n) is 4.74. The number of piperidine rings is 1. The maximum atomic E-state index is 9.49. The summed E-state index contributed by atoms with van der Waals surface area (Å²) < 4.78 is 0.